The highest BCUT2D eigenvalue weighted by Crippen LogP contribution is 2.23. The molecule has 0 spiro atoms. The lowest BCUT2D eigenvalue weighted by molar-refractivity contribution is -0.139. The fourth-order valence-electron chi connectivity index (χ4n) is 1.65. The van der Waals surface area contributed by atoms with Crippen molar-refractivity contribution in [2.75, 3.05) is 0 Å². The quantitative estimate of drug-likeness (QED) is 0.674. The summed E-state index contributed by atoms with van der Waals surface area (Å²) in [7, 11) is -4.07. The average Bonchev–Trinajstić information content (AvgIpc) is 2.37. The highest BCUT2D eigenvalue weighted by atomic mass is 35.5. The second-order valence-electron chi connectivity index (χ2n) is 4.38. The summed E-state index contributed by atoms with van der Waals surface area (Å²) in [6.45, 7) is 1.51. The molecule has 0 heterocycles. The molecule has 9 heteroatoms. The molecule has 7 nitrogen and oxygen atoms in total. The number of sulfonamides is 1. The molecule has 0 fully saturated rings. The van der Waals surface area contributed by atoms with Gasteiger partial charge < -0.3 is 10.8 Å². The van der Waals surface area contributed by atoms with Crippen LogP contribution in [0.5, 0.6) is 0 Å². The summed E-state index contributed by atoms with van der Waals surface area (Å²) in [5.74, 6) is -2.10. The monoisotopic (exact) mass is 334 g/mol. The van der Waals surface area contributed by atoms with E-state index < -0.39 is 27.9 Å². The highest BCUT2D eigenvalue weighted by molar-refractivity contribution is 7.89. The van der Waals surface area contributed by atoms with E-state index >= 15 is 0 Å². The van der Waals surface area contributed by atoms with Crippen molar-refractivity contribution in [2.45, 2.75) is 30.7 Å². The number of carboxylic acid groups (broad SMARTS) is 1. The maximum atomic E-state index is 12.2. The molecule has 0 bridgehead atoms. The Morgan fingerprint density at radius 3 is 2.57 bits per heavy atom. The van der Waals surface area contributed by atoms with Crippen LogP contribution in [0.15, 0.2) is 23.1 Å². The van der Waals surface area contributed by atoms with E-state index in [1.54, 1.807) is 0 Å². The number of halogens is 1. The van der Waals surface area contributed by atoms with Gasteiger partial charge in [0.25, 0.3) is 0 Å². The van der Waals surface area contributed by atoms with E-state index in [0.717, 1.165) is 0 Å². The number of benzene rings is 1. The molecule has 0 aliphatic heterocycles. The Labute approximate surface area is 127 Å². The van der Waals surface area contributed by atoms with Crippen molar-refractivity contribution in [1.82, 2.24) is 4.72 Å². The van der Waals surface area contributed by atoms with Gasteiger partial charge in [0.15, 0.2) is 0 Å². The Bertz CT molecular complexity index is 660. The van der Waals surface area contributed by atoms with Gasteiger partial charge in [-0.05, 0) is 31.0 Å². The smallest absolute Gasteiger partial charge is 0.321 e. The molecule has 0 unspecified atom stereocenters. The zero-order chi connectivity index (χ0) is 16.2. The summed E-state index contributed by atoms with van der Waals surface area (Å²) in [4.78, 5) is 21.7. The highest BCUT2D eigenvalue weighted by Gasteiger charge is 2.27. The lowest BCUT2D eigenvalue weighted by Gasteiger charge is -2.15. The van der Waals surface area contributed by atoms with Gasteiger partial charge in [-0.25, -0.2) is 8.42 Å². The van der Waals surface area contributed by atoms with Gasteiger partial charge >= 0.3 is 5.97 Å². The third-order valence-electron chi connectivity index (χ3n) is 2.78. The Balaban J connectivity index is 3.03. The van der Waals surface area contributed by atoms with Crippen molar-refractivity contribution in [3.63, 3.8) is 0 Å². The van der Waals surface area contributed by atoms with Crippen molar-refractivity contribution in [1.29, 1.82) is 0 Å². The first-order valence-electron chi connectivity index (χ1n) is 5.93. The van der Waals surface area contributed by atoms with Gasteiger partial charge in [0.05, 0.1) is 4.90 Å². The second-order valence-corrected chi connectivity index (χ2v) is 6.47. The number of rotatable bonds is 7. The van der Waals surface area contributed by atoms with Crippen molar-refractivity contribution < 1.29 is 23.1 Å². The summed E-state index contributed by atoms with van der Waals surface area (Å²) in [5.41, 5.74) is 5.24. The van der Waals surface area contributed by atoms with E-state index in [9.17, 15) is 18.0 Å². The van der Waals surface area contributed by atoms with E-state index in [2.05, 4.69) is 0 Å². The lowest BCUT2D eigenvalue weighted by Crippen LogP contribution is -2.41. The number of nitrogens with two attached hydrogens (primary N) is 1. The number of carboxylic acids is 1. The van der Waals surface area contributed by atoms with Crippen LogP contribution in [0.3, 0.4) is 0 Å². The first-order chi connectivity index (χ1) is 9.65. The molecular formula is C12H15ClN2O5S. The van der Waals surface area contributed by atoms with Crippen LogP contribution >= 0.6 is 11.6 Å². The van der Waals surface area contributed by atoms with E-state index in [1.807, 2.05) is 4.72 Å². The number of hydrogen-bond donors (Lipinski definition) is 3. The maximum absolute atomic E-state index is 12.2. The molecular weight excluding hydrogens is 320 g/mol. The normalized spacial score (nSPS) is 12.9. The molecule has 0 saturated carbocycles. The number of carbonyl (C=O) groups excluding carboxylic acids is 1. The number of carbonyl (C=O) groups is 2. The maximum Gasteiger partial charge on any atom is 0.321 e. The first kappa shape index (κ1) is 17.4. The minimum atomic E-state index is -4.07. The SMILES string of the molecule is Cc1c(Cl)cccc1S(=O)(=O)N[C@H](CCC(N)=O)C(=O)O. The topological polar surface area (TPSA) is 127 Å². The van der Waals surface area contributed by atoms with Crippen LogP contribution in [0.4, 0.5) is 0 Å². The van der Waals surface area contributed by atoms with E-state index in [0.29, 0.717) is 5.56 Å². The van der Waals surface area contributed by atoms with E-state index in [-0.39, 0.29) is 22.8 Å². The van der Waals surface area contributed by atoms with Gasteiger partial charge in [-0.1, -0.05) is 17.7 Å². The minimum Gasteiger partial charge on any atom is -0.480 e. The van der Waals surface area contributed by atoms with Gasteiger partial charge in [-0.2, -0.15) is 4.72 Å². The molecule has 1 aromatic rings. The Kier molecular flexibility index (Phi) is 5.70. The average molecular weight is 335 g/mol. The van der Waals surface area contributed by atoms with Crippen LogP contribution in [0.1, 0.15) is 18.4 Å². The van der Waals surface area contributed by atoms with Crippen LogP contribution in [-0.4, -0.2) is 31.4 Å². The Hall–Kier alpha value is -1.64. The Morgan fingerprint density at radius 2 is 2.05 bits per heavy atom. The number of amides is 1. The zero-order valence-corrected chi connectivity index (χ0v) is 12.7. The van der Waals surface area contributed by atoms with Crippen molar-refractivity contribution in [3.05, 3.63) is 28.8 Å². The summed E-state index contributed by atoms with van der Waals surface area (Å²) < 4.78 is 26.5. The molecule has 1 rings (SSSR count). The third-order valence-corrected chi connectivity index (χ3v) is 4.81. The molecule has 0 radical (unpaired) electrons. The molecule has 0 aromatic heterocycles. The summed E-state index contributed by atoms with van der Waals surface area (Å²) in [5, 5.41) is 9.27. The molecule has 0 aliphatic rings. The number of aliphatic carboxylic acids is 1. The predicted octanol–water partition coefficient (Wildman–Crippen LogP) is 0.645. The molecule has 1 aromatic carbocycles. The summed E-state index contributed by atoms with van der Waals surface area (Å²) in [6, 6.07) is 2.85. The van der Waals surface area contributed by atoms with Gasteiger partial charge in [0.1, 0.15) is 6.04 Å². The molecule has 116 valence electrons. The molecule has 0 aliphatic carbocycles. The van der Waals surface area contributed by atoms with Crippen LogP contribution in [-0.2, 0) is 19.6 Å². The van der Waals surface area contributed by atoms with Gasteiger partial charge in [0.2, 0.25) is 15.9 Å². The zero-order valence-electron chi connectivity index (χ0n) is 11.2. The van der Waals surface area contributed by atoms with Gasteiger partial charge in [0, 0.05) is 11.4 Å². The lowest BCUT2D eigenvalue weighted by atomic mass is 10.2. The summed E-state index contributed by atoms with van der Waals surface area (Å²) in [6.07, 6.45) is -0.475. The predicted molar refractivity (Wildman–Crippen MR) is 76.4 cm³/mol. The molecule has 4 N–H and O–H groups in total. The molecule has 0 saturated heterocycles. The van der Waals surface area contributed by atoms with E-state index in [4.69, 9.17) is 22.4 Å². The standard InChI is InChI=1S/C12H15ClN2O5S/c1-7-8(13)3-2-4-10(7)21(19,20)15-9(12(17)18)5-6-11(14)16/h2-4,9,15H,5-6H2,1H3,(H2,14,16)(H,17,18)/t9-/m1/s1. The van der Waals surface area contributed by atoms with Crippen LogP contribution < -0.4 is 10.5 Å². The molecule has 1 atom stereocenters. The van der Waals surface area contributed by atoms with Gasteiger partial charge in [-0.15, -0.1) is 0 Å². The second kappa shape index (κ2) is 6.88. The number of hydrogen-bond acceptors (Lipinski definition) is 4. The van der Waals surface area contributed by atoms with Crippen molar-refractivity contribution >= 4 is 33.5 Å². The fourth-order valence-corrected chi connectivity index (χ4v) is 3.37. The third kappa shape index (κ3) is 4.69. The Morgan fingerprint density at radius 1 is 1.43 bits per heavy atom. The van der Waals surface area contributed by atoms with Crippen LogP contribution in [0.2, 0.25) is 5.02 Å². The van der Waals surface area contributed by atoms with Crippen molar-refractivity contribution in [3.8, 4) is 0 Å². The largest absolute Gasteiger partial charge is 0.480 e. The number of primary amides is 1. The minimum absolute atomic E-state index is 0.111. The fraction of sp³-hybridized carbons (Fsp3) is 0.333. The first-order valence-corrected chi connectivity index (χ1v) is 7.80. The van der Waals surface area contributed by atoms with Crippen LogP contribution in [0.25, 0.3) is 0 Å². The number of nitrogens with one attached hydrogen (secondary N) is 1. The van der Waals surface area contributed by atoms with Crippen molar-refractivity contribution in [2.24, 2.45) is 5.73 Å². The van der Waals surface area contributed by atoms with Crippen LogP contribution in [0, 0.1) is 6.92 Å². The van der Waals surface area contributed by atoms with Gasteiger partial charge in [-0.3, -0.25) is 9.59 Å². The molecule has 1 amide bonds. The summed E-state index contributed by atoms with van der Waals surface area (Å²) >= 11 is 5.85. The molecule has 21 heavy (non-hydrogen) atoms. The van der Waals surface area contributed by atoms with E-state index in [1.165, 1.54) is 25.1 Å².